The zero-order chi connectivity index (χ0) is 8.32. The van der Waals surface area contributed by atoms with Gasteiger partial charge in [-0.05, 0) is 19.8 Å². The molecule has 1 N–H and O–H groups in total. The number of hydrogen-bond acceptors (Lipinski definition) is 3. The highest BCUT2D eigenvalue weighted by molar-refractivity contribution is 4.87. The Morgan fingerprint density at radius 1 is 1.55 bits per heavy atom. The first kappa shape index (κ1) is 8.51. The third kappa shape index (κ3) is 1.92. The fourth-order valence-corrected chi connectivity index (χ4v) is 1.46. The van der Waals surface area contributed by atoms with Crippen LogP contribution in [0.2, 0.25) is 0 Å². The number of likely N-dealkylation sites (tertiary alicyclic amines) is 1. The predicted molar refractivity (Wildman–Crippen MR) is 41.7 cm³/mol. The molecule has 11 heavy (non-hydrogen) atoms. The van der Waals surface area contributed by atoms with Crippen molar-refractivity contribution in [1.82, 2.24) is 4.90 Å². The maximum absolute atomic E-state index is 9.72. The highest BCUT2D eigenvalue weighted by atomic mass is 16.3. The van der Waals surface area contributed by atoms with E-state index in [0.29, 0.717) is 0 Å². The van der Waals surface area contributed by atoms with Crippen LogP contribution in [0.25, 0.3) is 0 Å². The highest BCUT2D eigenvalue weighted by Gasteiger charge is 2.30. The number of nitriles is 1. The lowest BCUT2D eigenvalue weighted by Crippen LogP contribution is -2.44. The molecule has 1 unspecified atom stereocenters. The average Bonchev–Trinajstić information content (AvgIpc) is 2.37. The van der Waals surface area contributed by atoms with Crippen molar-refractivity contribution in [1.29, 1.82) is 5.26 Å². The van der Waals surface area contributed by atoms with Crippen molar-refractivity contribution in [3.05, 3.63) is 0 Å². The van der Waals surface area contributed by atoms with E-state index >= 15 is 0 Å². The molecule has 0 saturated carbocycles. The summed E-state index contributed by atoms with van der Waals surface area (Å²) in [5.41, 5.74) is -0.898. The minimum atomic E-state index is -0.898. The third-order valence-electron chi connectivity index (χ3n) is 2.20. The fourth-order valence-electron chi connectivity index (χ4n) is 1.46. The van der Waals surface area contributed by atoms with E-state index in [-0.39, 0.29) is 6.42 Å². The molecule has 0 amide bonds. The lowest BCUT2D eigenvalue weighted by Gasteiger charge is -2.31. The van der Waals surface area contributed by atoms with Crippen LogP contribution in [0.15, 0.2) is 0 Å². The lowest BCUT2D eigenvalue weighted by atomic mass is 10.1. The molecule has 3 heteroatoms. The minimum absolute atomic E-state index is 0.201. The summed E-state index contributed by atoms with van der Waals surface area (Å²) in [6.07, 6.45) is 2.48. The predicted octanol–water partition coefficient (Wildman–Crippen LogP) is 0.704. The average molecular weight is 154 g/mol. The van der Waals surface area contributed by atoms with E-state index in [4.69, 9.17) is 5.26 Å². The van der Waals surface area contributed by atoms with Crippen LogP contribution in [0, 0.1) is 11.3 Å². The molecular formula is C8H14N2O. The Kier molecular flexibility index (Phi) is 2.48. The summed E-state index contributed by atoms with van der Waals surface area (Å²) in [5, 5.41) is 18.1. The molecule has 1 aliphatic rings. The minimum Gasteiger partial charge on any atom is -0.375 e. The van der Waals surface area contributed by atoms with Crippen LogP contribution in [-0.2, 0) is 0 Å². The van der Waals surface area contributed by atoms with Crippen molar-refractivity contribution in [3.8, 4) is 6.07 Å². The first-order valence-corrected chi connectivity index (χ1v) is 4.01. The maximum Gasteiger partial charge on any atom is 0.128 e. The van der Waals surface area contributed by atoms with Gasteiger partial charge in [-0.1, -0.05) is 0 Å². The number of nitrogens with zero attached hydrogens (tertiary/aromatic N) is 2. The molecule has 0 aliphatic carbocycles. The first-order valence-electron chi connectivity index (χ1n) is 4.01. The molecule has 1 fully saturated rings. The standard InChI is InChI=1S/C8H14N2O/c1-8(11,4-5-9)10-6-2-3-7-10/h11H,2-4,6-7H2,1H3. The summed E-state index contributed by atoms with van der Waals surface area (Å²) in [6.45, 7) is 3.56. The Hall–Kier alpha value is -0.590. The summed E-state index contributed by atoms with van der Waals surface area (Å²) in [5.74, 6) is 0. The molecule has 0 aromatic carbocycles. The number of hydrogen-bond donors (Lipinski definition) is 1. The molecule has 0 bridgehead atoms. The van der Waals surface area contributed by atoms with E-state index in [1.54, 1.807) is 6.92 Å². The highest BCUT2D eigenvalue weighted by Crippen LogP contribution is 2.20. The van der Waals surface area contributed by atoms with Crippen LogP contribution in [0.1, 0.15) is 26.2 Å². The molecule has 1 saturated heterocycles. The van der Waals surface area contributed by atoms with Crippen molar-refractivity contribution in [2.45, 2.75) is 31.9 Å². The second-order valence-corrected chi connectivity index (χ2v) is 3.25. The van der Waals surface area contributed by atoms with Gasteiger partial charge in [0.25, 0.3) is 0 Å². The van der Waals surface area contributed by atoms with E-state index in [0.717, 1.165) is 25.9 Å². The summed E-state index contributed by atoms with van der Waals surface area (Å²) in [4.78, 5) is 1.97. The molecule has 1 aliphatic heterocycles. The first-order chi connectivity index (χ1) is 5.17. The van der Waals surface area contributed by atoms with Crippen LogP contribution >= 0.6 is 0 Å². The Balaban J connectivity index is 2.49. The van der Waals surface area contributed by atoms with Gasteiger partial charge in [0.15, 0.2) is 0 Å². The van der Waals surface area contributed by atoms with Crippen LogP contribution in [0.5, 0.6) is 0 Å². The molecule has 1 rings (SSSR count). The van der Waals surface area contributed by atoms with Gasteiger partial charge in [-0.15, -0.1) is 0 Å². The van der Waals surface area contributed by atoms with Crippen LogP contribution in [0.3, 0.4) is 0 Å². The molecule has 1 atom stereocenters. The molecule has 0 aromatic heterocycles. The van der Waals surface area contributed by atoms with Gasteiger partial charge >= 0.3 is 0 Å². The summed E-state index contributed by atoms with van der Waals surface area (Å²) >= 11 is 0. The van der Waals surface area contributed by atoms with Crippen molar-refractivity contribution in [3.63, 3.8) is 0 Å². The largest absolute Gasteiger partial charge is 0.375 e. The second-order valence-electron chi connectivity index (χ2n) is 3.25. The molecule has 1 heterocycles. The van der Waals surface area contributed by atoms with E-state index in [1.807, 2.05) is 11.0 Å². The lowest BCUT2D eigenvalue weighted by molar-refractivity contribution is -0.0770. The number of aliphatic hydroxyl groups is 1. The maximum atomic E-state index is 9.72. The Morgan fingerprint density at radius 2 is 2.09 bits per heavy atom. The van der Waals surface area contributed by atoms with Gasteiger partial charge in [-0.25, -0.2) is 0 Å². The van der Waals surface area contributed by atoms with Gasteiger partial charge in [-0.2, -0.15) is 5.26 Å². The van der Waals surface area contributed by atoms with E-state index < -0.39 is 5.72 Å². The SMILES string of the molecule is CC(O)(CC#N)N1CCCC1. The Morgan fingerprint density at radius 3 is 2.55 bits per heavy atom. The smallest absolute Gasteiger partial charge is 0.128 e. The second kappa shape index (κ2) is 3.21. The van der Waals surface area contributed by atoms with Gasteiger partial charge in [0.05, 0.1) is 12.5 Å². The van der Waals surface area contributed by atoms with Gasteiger partial charge in [-0.3, -0.25) is 4.90 Å². The third-order valence-corrected chi connectivity index (χ3v) is 2.20. The molecule has 62 valence electrons. The van der Waals surface area contributed by atoms with Crippen LogP contribution in [0.4, 0.5) is 0 Å². The van der Waals surface area contributed by atoms with E-state index in [2.05, 4.69) is 0 Å². The topological polar surface area (TPSA) is 47.3 Å². The fraction of sp³-hybridized carbons (Fsp3) is 0.875. The summed E-state index contributed by atoms with van der Waals surface area (Å²) in [7, 11) is 0. The van der Waals surface area contributed by atoms with Gasteiger partial charge in [0.2, 0.25) is 0 Å². The number of rotatable bonds is 2. The van der Waals surface area contributed by atoms with Gasteiger partial charge in [0, 0.05) is 13.1 Å². The monoisotopic (exact) mass is 154 g/mol. The van der Waals surface area contributed by atoms with Crippen LogP contribution < -0.4 is 0 Å². The van der Waals surface area contributed by atoms with Crippen molar-refractivity contribution in [2.75, 3.05) is 13.1 Å². The van der Waals surface area contributed by atoms with E-state index in [1.165, 1.54) is 0 Å². The van der Waals surface area contributed by atoms with Crippen molar-refractivity contribution >= 4 is 0 Å². The summed E-state index contributed by atoms with van der Waals surface area (Å²) in [6, 6.07) is 1.99. The quantitative estimate of drug-likeness (QED) is 0.637. The zero-order valence-electron chi connectivity index (χ0n) is 6.88. The van der Waals surface area contributed by atoms with Crippen LogP contribution in [-0.4, -0.2) is 28.8 Å². The Bertz CT molecular complexity index is 165. The van der Waals surface area contributed by atoms with Gasteiger partial charge < -0.3 is 5.11 Å². The normalized spacial score (nSPS) is 24.5. The molecule has 0 spiro atoms. The van der Waals surface area contributed by atoms with Crippen molar-refractivity contribution < 1.29 is 5.11 Å². The molecule has 0 radical (unpaired) electrons. The van der Waals surface area contributed by atoms with E-state index in [9.17, 15) is 5.11 Å². The molecule has 3 nitrogen and oxygen atoms in total. The van der Waals surface area contributed by atoms with Gasteiger partial charge in [0.1, 0.15) is 5.72 Å². The van der Waals surface area contributed by atoms with Crippen molar-refractivity contribution in [2.24, 2.45) is 0 Å². The Labute approximate surface area is 67.2 Å². The summed E-state index contributed by atoms with van der Waals surface area (Å²) < 4.78 is 0. The molecule has 0 aromatic rings. The zero-order valence-corrected chi connectivity index (χ0v) is 6.88. The molecular weight excluding hydrogens is 140 g/mol.